The summed E-state index contributed by atoms with van der Waals surface area (Å²) in [7, 11) is 4.14. The molecular weight excluding hydrogens is 54.8 g/mol. The molecule has 0 aliphatic heterocycles. The molecule has 0 aliphatic carbocycles. The van der Waals surface area contributed by atoms with Crippen molar-refractivity contribution in [2.24, 2.45) is 0 Å². The summed E-state index contributed by atoms with van der Waals surface area (Å²) in [5, 5.41) is 14.6. The Balaban J connectivity index is 2.80. The Kier molecular flexibility index (Phi) is 0.821. The Labute approximate surface area is 24.8 Å². The molecule has 0 aliphatic rings. The molecule has 2 N–H and O–H groups in total. The summed E-state index contributed by atoms with van der Waals surface area (Å²) >= 11 is 0. The van der Waals surface area contributed by atoms with Crippen molar-refractivity contribution in [3.05, 3.63) is 0 Å². The van der Waals surface area contributed by atoms with Crippen molar-refractivity contribution in [3.8, 4) is 0 Å². The zero-order valence-electron chi connectivity index (χ0n) is 1.97. The fraction of sp³-hybridized carbons (Fsp3) is 0. The summed E-state index contributed by atoms with van der Waals surface area (Å²) < 4.78 is 0. The van der Waals surface area contributed by atoms with Crippen LogP contribution in [-0.4, -0.2) is 23.5 Å². The van der Waals surface area contributed by atoms with Crippen LogP contribution in [0.5, 0.6) is 0 Å². The van der Waals surface area contributed by atoms with Crippen molar-refractivity contribution >= 4 is 13.3 Å². The molecule has 2 nitrogen and oxygen atoms in total. The molecule has 0 heterocycles. The summed E-state index contributed by atoms with van der Waals surface area (Å²) in [6, 6.07) is 0. The van der Waals surface area contributed by atoms with Crippen LogP contribution in [0.3, 0.4) is 0 Å². The van der Waals surface area contributed by atoms with Crippen LogP contribution in [-0.2, 0) is 0 Å². The molecule has 0 aromatic carbocycles. The first-order valence-corrected chi connectivity index (χ1v) is 0.736. The molecule has 0 amide bonds. The predicted molar refractivity (Wildman–Crippen MR) is 14.6 cm³/mol. The molecule has 0 aromatic heterocycles. The first-order valence-electron chi connectivity index (χ1n) is 0.736. The van der Waals surface area contributed by atoms with E-state index in [2.05, 4.69) is 7.49 Å². The zero-order chi connectivity index (χ0) is 3.58. The average Bonchev–Trinajstić information content (AvgIpc) is 0.811. The van der Waals surface area contributed by atoms with E-state index < -0.39 is 5.84 Å². The SMILES string of the molecule is [B]=C(O)O. The number of aliphatic hydroxyl groups is 2. The summed E-state index contributed by atoms with van der Waals surface area (Å²) in [4.78, 5) is 0. The van der Waals surface area contributed by atoms with Crippen LogP contribution < -0.4 is 0 Å². The Morgan fingerprint density at radius 3 is 1.50 bits per heavy atom. The average molecular weight is 56.8 g/mol. The Bertz CT molecular complexity index is 29.0. The molecule has 0 fully saturated rings. The fourth-order valence-corrected chi connectivity index (χ4v) is 0. The molecule has 1 radical (unpaired) electrons. The molecule has 0 saturated carbocycles. The topological polar surface area (TPSA) is 40.5 Å². The van der Waals surface area contributed by atoms with E-state index in [1.54, 1.807) is 0 Å². The summed E-state index contributed by atoms with van der Waals surface area (Å²) in [5.74, 6) is -1.08. The standard InChI is InChI=1S/CH2BO2/c2-1(3)4/h3-4H. The maximum absolute atomic E-state index is 7.31. The van der Waals surface area contributed by atoms with Crippen molar-refractivity contribution in [2.75, 3.05) is 0 Å². The predicted octanol–water partition coefficient (Wildman–Crippen LogP) is -1.01. The monoisotopic (exact) mass is 57.0 g/mol. The molecule has 0 rings (SSSR count). The van der Waals surface area contributed by atoms with Crippen LogP contribution in [0.15, 0.2) is 0 Å². The van der Waals surface area contributed by atoms with Crippen molar-refractivity contribution in [2.45, 2.75) is 0 Å². The van der Waals surface area contributed by atoms with E-state index in [0.29, 0.717) is 0 Å². The molecule has 3 heteroatoms. The van der Waals surface area contributed by atoms with Crippen molar-refractivity contribution in [1.82, 2.24) is 0 Å². The molecular formula is CH2BO2. The van der Waals surface area contributed by atoms with Crippen LogP contribution in [0, 0.1) is 0 Å². The second kappa shape index (κ2) is 0.929. The van der Waals surface area contributed by atoms with Gasteiger partial charge in [-0.1, -0.05) is 0 Å². The van der Waals surface area contributed by atoms with Crippen LogP contribution >= 0.6 is 0 Å². The van der Waals surface area contributed by atoms with E-state index in [1.165, 1.54) is 0 Å². The maximum atomic E-state index is 7.31. The van der Waals surface area contributed by atoms with Gasteiger partial charge in [-0.25, -0.2) is 0 Å². The van der Waals surface area contributed by atoms with Gasteiger partial charge in [-0.15, -0.1) is 0 Å². The van der Waals surface area contributed by atoms with Crippen LogP contribution in [0.1, 0.15) is 0 Å². The molecule has 0 aromatic rings. The van der Waals surface area contributed by atoms with Gasteiger partial charge in [0.1, 0.15) is 0 Å². The van der Waals surface area contributed by atoms with Crippen LogP contribution in [0.2, 0.25) is 0 Å². The first-order chi connectivity index (χ1) is 1.73. The Hall–Kier alpha value is -0.465. The van der Waals surface area contributed by atoms with Gasteiger partial charge in [0.05, 0.1) is 0 Å². The third-order valence-corrected chi connectivity index (χ3v) is 0. The molecule has 0 atom stereocenters. The van der Waals surface area contributed by atoms with Gasteiger partial charge in [0, 0.05) is 0 Å². The molecule has 21 valence electrons. The molecule has 0 spiro atoms. The van der Waals surface area contributed by atoms with E-state index in [-0.39, 0.29) is 0 Å². The zero-order valence-corrected chi connectivity index (χ0v) is 1.97. The van der Waals surface area contributed by atoms with Crippen molar-refractivity contribution in [1.29, 1.82) is 0 Å². The van der Waals surface area contributed by atoms with Gasteiger partial charge in [-0.3, -0.25) is 0 Å². The third-order valence-electron chi connectivity index (χ3n) is 0. The van der Waals surface area contributed by atoms with Gasteiger partial charge in [-0.05, 0) is 0 Å². The number of rotatable bonds is 0. The molecule has 0 unspecified atom stereocenters. The van der Waals surface area contributed by atoms with Crippen molar-refractivity contribution in [3.63, 3.8) is 0 Å². The van der Waals surface area contributed by atoms with E-state index in [0.717, 1.165) is 0 Å². The molecule has 0 bridgehead atoms. The van der Waals surface area contributed by atoms with E-state index in [4.69, 9.17) is 10.2 Å². The van der Waals surface area contributed by atoms with Crippen molar-refractivity contribution < 1.29 is 10.2 Å². The second-order valence-corrected chi connectivity index (χ2v) is 0.358. The van der Waals surface area contributed by atoms with E-state index >= 15 is 0 Å². The normalized spacial score (nSPS) is 5.75. The fourth-order valence-electron chi connectivity index (χ4n) is 0. The quantitative estimate of drug-likeness (QED) is 0.349. The van der Waals surface area contributed by atoms with Gasteiger partial charge >= 0.3 is 23.5 Å². The number of aliphatic hydroxyl groups excluding tert-OH is 1. The third kappa shape index (κ3) is 2.03. The first kappa shape index (κ1) is 3.53. The Morgan fingerprint density at radius 2 is 1.50 bits per heavy atom. The molecule has 4 heavy (non-hydrogen) atoms. The van der Waals surface area contributed by atoms with Gasteiger partial charge in [0.2, 0.25) is 0 Å². The summed E-state index contributed by atoms with van der Waals surface area (Å²) in [5.41, 5.74) is 0. The minimum absolute atomic E-state index is 1.08. The minimum atomic E-state index is -1.08. The number of hydrogen-bond donors (Lipinski definition) is 2. The Morgan fingerprint density at radius 1 is 1.50 bits per heavy atom. The van der Waals surface area contributed by atoms with Gasteiger partial charge in [0.15, 0.2) is 0 Å². The van der Waals surface area contributed by atoms with Gasteiger partial charge in [-0.2, -0.15) is 0 Å². The second-order valence-electron chi connectivity index (χ2n) is 0.358. The van der Waals surface area contributed by atoms with E-state index in [1.807, 2.05) is 0 Å². The van der Waals surface area contributed by atoms with Crippen LogP contribution in [0.4, 0.5) is 0 Å². The summed E-state index contributed by atoms with van der Waals surface area (Å²) in [6.07, 6.45) is 0. The van der Waals surface area contributed by atoms with E-state index in [9.17, 15) is 0 Å². The number of hydrogen-bond acceptors (Lipinski definition) is 2. The van der Waals surface area contributed by atoms with Crippen LogP contribution in [0.25, 0.3) is 0 Å². The summed E-state index contributed by atoms with van der Waals surface area (Å²) in [6.45, 7) is 0. The van der Waals surface area contributed by atoms with Gasteiger partial charge in [0.25, 0.3) is 0 Å². The van der Waals surface area contributed by atoms with Gasteiger partial charge < -0.3 is 0 Å². The molecule has 0 saturated heterocycles.